The SMILES string of the molecule is Fc1c(F)c(F)c2c(N3CCOCC3)c[nH]c2c1F. The van der Waals surface area contributed by atoms with Gasteiger partial charge in [0.1, 0.15) is 0 Å². The van der Waals surface area contributed by atoms with Gasteiger partial charge < -0.3 is 14.6 Å². The second kappa shape index (κ2) is 4.41. The van der Waals surface area contributed by atoms with Gasteiger partial charge in [0.2, 0.25) is 0 Å². The minimum Gasteiger partial charge on any atom is -0.378 e. The van der Waals surface area contributed by atoms with E-state index in [2.05, 4.69) is 4.98 Å². The van der Waals surface area contributed by atoms with Crippen molar-refractivity contribution in [1.82, 2.24) is 4.98 Å². The minimum atomic E-state index is -1.81. The van der Waals surface area contributed by atoms with Crippen LogP contribution in [0.3, 0.4) is 0 Å². The fraction of sp³-hybridized carbons (Fsp3) is 0.333. The Bertz CT molecular complexity index is 634. The molecule has 0 radical (unpaired) electrons. The van der Waals surface area contributed by atoms with E-state index < -0.39 is 23.3 Å². The maximum absolute atomic E-state index is 13.8. The van der Waals surface area contributed by atoms with Crippen molar-refractivity contribution in [2.75, 3.05) is 31.2 Å². The average Bonchev–Trinajstić information content (AvgIpc) is 2.88. The lowest BCUT2D eigenvalue weighted by atomic mass is 10.2. The molecular weight excluding hydrogens is 264 g/mol. The van der Waals surface area contributed by atoms with E-state index >= 15 is 0 Å². The zero-order valence-electron chi connectivity index (χ0n) is 9.77. The second-order valence-electron chi connectivity index (χ2n) is 4.28. The number of fused-ring (bicyclic) bond motifs is 1. The normalized spacial score (nSPS) is 16.3. The lowest BCUT2D eigenvalue weighted by Crippen LogP contribution is -2.36. The molecule has 3 nitrogen and oxygen atoms in total. The van der Waals surface area contributed by atoms with E-state index in [-0.39, 0.29) is 10.9 Å². The van der Waals surface area contributed by atoms with Gasteiger partial charge in [-0.05, 0) is 0 Å². The standard InChI is InChI=1S/C12H10F4N2O/c13-8-7-6(18-1-3-19-4-2-18)5-17-12(7)11(16)10(15)9(8)14/h5,17H,1-4H2. The van der Waals surface area contributed by atoms with E-state index in [9.17, 15) is 17.6 Å². The van der Waals surface area contributed by atoms with E-state index in [4.69, 9.17) is 4.74 Å². The third kappa shape index (κ3) is 1.76. The number of H-pyrrole nitrogens is 1. The lowest BCUT2D eigenvalue weighted by Gasteiger charge is -2.28. The van der Waals surface area contributed by atoms with Crippen LogP contribution in [0.4, 0.5) is 23.2 Å². The molecule has 3 rings (SSSR count). The smallest absolute Gasteiger partial charge is 0.199 e. The molecule has 0 amide bonds. The summed E-state index contributed by atoms with van der Waals surface area (Å²) in [5, 5.41) is -0.265. The van der Waals surface area contributed by atoms with Gasteiger partial charge in [0, 0.05) is 19.3 Å². The van der Waals surface area contributed by atoms with Crippen LogP contribution >= 0.6 is 0 Å². The number of aromatic nitrogens is 1. The third-order valence-corrected chi connectivity index (χ3v) is 3.23. The first-order chi connectivity index (χ1) is 9.11. The zero-order chi connectivity index (χ0) is 13.6. The van der Waals surface area contributed by atoms with Gasteiger partial charge in [-0.1, -0.05) is 0 Å². The zero-order valence-corrected chi connectivity index (χ0v) is 9.77. The summed E-state index contributed by atoms with van der Waals surface area (Å²) in [6, 6.07) is 0. The Hall–Kier alpha value is -1.76. The van der Waals surface area contributed by atoms with Gasteiger partial charge in [0.05, 0.1) is 29.8 Å². The molecule has 19 heavy (non-hydrogen) atoms. The van der Waals surface area contributed by atoms with E-state index in [0.29, 0.717) is 32.0 Å². The summed E-state index contributed by atoms with van der Waals surface area (Å²) in [4.78, 5) is 4.20. The van der Waals surface area contributed by atoms with Gasteiger partial charge >= 0.3 is 0 Å². The Morgan fingerprint density at radius 2 is 1.58 bits per heavy atom. The topological polar surface area (TPSA) is 28.3 Å². The molecule has 0 spiro atoms. The molecule has 0 bridgehead atoms. The number of nitrogens with zero attached hydrogens (tertiary/aromatic N) is 1. The summed E-state index contributed by atoms with van der Waals surface area (Å²) >= 11 is 0. The number of anilines is 1. The van der Waals surface area contributed by atoms with E-state index in [1.54, 1.807) is 4.90 Å². The van der Waals surface area contributed by atoms with Gasteiger partial charge in [-0.15, -0.1) is 0 Å². The van der Waals surface area contributed by atoms with Crippen molar-refractivity contribution in [3.63, 3.8) is 0 Å². The highest BCUT2D eigenvalue weighted by Gasteiger charge is 2.26. The van der Waals surface area contributed by atoms with Gasteiger partial charge in [0.25, 0.3) is 0 Å². The molecule has 1 saturated heterocycles. The van der Waals surface area contributed by atoms with Crippen LogP contribution in [0.5, 0.6) is 0 Å². The van der Waals surface area contributed by atoms with Crippen molar-refractivity contribution in [3.05, 3.63) is 29.5 Å². The van der Waals surface area contributed by atoms with Crippen molar-refractivity contribution in [3.8, 4) is 0 Å². The summed E-state index contributed by atoms with van der Waals surface area (Å²) in [7, 11) is 0. The van der Waals surface area contributed by atoms with Crippen LogP contribution in [0.2, 0.25) is 0 Å². The molecule has 2 heterocycles. The first-order valence-electron chi connectivity index (χ1n) is 5.77. The number of hydrogen-bond acceptors (Lipinski definition) is 2. The maximum atomic E-state index is 13.8. The van der Waals surface area contributed by atoms with Crippen LogP contribution in [0.15, 0.2) is 6.20 Å². The summed E-state index contributed by atoms with van der Waals surface area (Å²) in [6.45, 7) is 1.85. The average molecular weight is 274 g/mol. The van der Waals surface area contributed by atoms with Crippen molar-refractivity contribution in [2.45, 2.75) is 0 Å². The van der Waals surface area contributed by atoms with Crippen LogP contribution in [-0.4, -0.2) is 31.3 Å². The number of aromatic amines is 1. The molecule has 1 fully saturated rings. The minimum absolute atomic E-state index is 0.265. The molecule has 0 saturated carbocycles. The number of rotatable bonds is 1. The van der Waals surface area contributed by atoms with Crippen LogP contribution in [-0.2, 0) is 4.74 Å². The summed E-state index contributed by atoms with van der Waals surface area (Å²) in [5.41, 5.74) is -0.0495. The largest absolute Gasteiger partial charge is 0.378 e. The summed E-state index contributed by atoms with van der Waals surface area (Å²) in [5.74, 6) is -6.38. The highest BCUT2D eigenvalue weighted by atomic mass is 19.2. The fourth-order valence-electron chi connectivity index (χ4n) is 2.27. The van der Waals surface area contributed by atoms with Crippen LogP contribution < -0.4 is 4.90 Å². The Morgan fingerprint density at radius 1 is 0.947 bits per heavy atom. The van der Waals surface area contributed by atoms with Gasteiger partial charge in [0.15, 0.2) is 23.3 Å². The Morgan fingerprint density at radius 3 is 2.26 bits per heavy atom. The van der Waals surface area contributed by atoms with Crippen molar-refractivity contribution in [1.29, 1.82) is 0 Å². The van der Waals surface area contributed by atoms with E-state index in [0.717, 1.165) is 0 Å². The third-order valence-electron chi connectivity index (χ3n) is 3.23. The van der Waals surface area contributed by atoms with Crippen LogP contribution in [0, 0.1) is 23.3 Å². The monoisotopic (exact) mass is 274 g/mol. The Balaban J connectivity index is 2.22. The van der Waals surface area contributed by atoms with E-state index in [1.165, 1.54) is 6.20 Å². The molecule has 1 aliphatic rings. The highest BCUT2D eigenvalue weighted by molar-refractivity contribution is 5.94. The quantitative estimate of drug-likeness (QED) is 0.492. The van der Waals surface area contributed by atoms with Gasteiger partial charge in [-0.3, -0.25) is 0 Å². The number of nitrogens with one attached hydrogen (secondary N) is 1. The lowest BCUT2D eigenvalue weighted by molar-refractivity contribution is 0.123. The molecular formula is C12H10F4N2O. The predicted octanol–water partition coefficient (Wildman–Crippen LogP) is 2.56. The van der Waals surface area contributed by atoms with Crippen molar-refractivity contribution in [2.24, 2.45) is 0 Å². The van der Waals surface area contributed by atoms with Gasteiger partial charge in [-0.25, -0.2) is 17.6 Å². The molecule has 1 aliphatic heterocycles. The molecule has 102 valence electrons. The Labute approximate surface area is 105 Å². The number of halogens is 4. The summed E-state index contributed by atoms with van der Waals surface area (Å²) < 4.78 is 59.0. The van der Waals surface area contributed by atoms with Crippen molar-refractivity contribution >= 4 is 16.6 Å². The molecule has 2 aromatic rings. The number of ether oxygens (including phenoxy) is 1. The molecule has 7 heteroatoms. The molecule has 0 unspecified atom stereocenters. The number of morpholine rings is 1. The second-order valence-corrected chi connectivity index (χ2v) is 4.28. The van der Waals surface area contributed by atoms with Crippen LogP contribution in [0.1, 0.15) is 0 Å². The number of benzene rings is 1. The molecule has 0 atom stereocenters. The maximum Gasteiger partial charge on any atom is 0.199 e. The summed E-state index contributed by atoms with van der Waals surface area (Å²) in [6.07, 6.45) is 1.35. The van der Waals surface area contributed by atoms with Crippen molar-refractivity contribution < 1.29 is 22.3 Å². The van der Waals surface area contributed by atoms with Gasteiger partial charge in [-0.2, -0.15) is 0 Å². The number of hydrogen-bond donors (Lipinski definition) is 1. The van der Waals surface area contributed by atoms with Crippen LogP contribution in [0.25, 0.3) is 10.9 Å². The highest BCUT2D eigenvalue weighted by Crippen LogP contribution is 2.34. The molecule has 1 aromatic carbocycles. The molecule has 1 aromatic heterocycles. The first kappa shape index (κ1) is 12.3. The first-order valence-corrected chi connectivity index (χ1v) is 5.77. The predicted molar refractivity (Wildman–Crippen MR) is 61.2 cm³/mol. The molecule has 1 N–H and O–H groups in total. The fourth-order valence-corrected chi connectivity index (χ4v) is 2.27. The molecule has 0 aliphatic carbocycles. The van der Waals surface area contributed by atoms with E-state index in [1.807, 2.05) is 0 Å². The Kier molecular flexibility index (Phi) is 2.85.